The van der Waals surface area contributed by atoms with Crippen LogP contribution in [0.1, 0.15) is 26.7 Å². The Morgan fingerprint density at radius 1 is 1.32 bits per heavy atom. The fraction of sp³-hybridized carbons (Fsp3) is 0.929. The summed E-state index contributed by atoms with van der Waals surface area (Å²) in [5, 5.41) is 3.30. The van der Waals surface area contributed by atoms with E-state index in [1.165, 1.54) is 0 Å². The van der Waals surface area contributed by atoms with Gasteiger partial charge in [0.15, 0.2) is 0 Å². The fourth-order valence-corrected chi connectivity index (χ4v) is 2.83. The molecule has 5 heteroatoms. The van der Waals surface area contributed by atoms with E-state index in [0.29, 0.717) is 24.4 Å². The third kappa shape index (κ3) is 4.44. The third-order valence-corrected chi connectivity index (χ3v) is 3.97. The molecule has 2 rings (SSSR count). The predicted octanol–water partition coefficient (Wildman–Crippen LogP) is 0.308. The molecular formula is C14H27N3O2. The lowest BCUT2D eigenvalue weighted by atomic mass is 10.2. The molecule has 1 atom stereocenters. The summed E-state index contributed by atoms with van der Waals surface area (Å²) in [7, 11) is 0. The van der Waals surface area contributed by atoms with Gasteiger partial charge in [-0.3, -0.25) is 9.69 Å². The summed E-state index contributed by atoms with van der Waals surface area (Å²) in [5.41, 5.74) is 0. The Morgan fingerprint density at radius 3 is 2.74 bits per heavy atom. The van der Waals surface area contributed by atoms with Gasteiger partial charge in [-0.05, 0) is 6.42 Å². The van der Waals surface area contributed by atoms with Crippen molar-refractivity contribution < 1.29 is 9.53 Å². The van der Waals surface area contributed by atoms with Crippen LogP contribution in [-0.2, 0) is 9.53 Å². The number of carbonyl (C=O) groups is 1. The predicted molar refractivity (Wildman–Crippen MR) is 75.1 cm³/mol. The van der Waals surface area contributed by atoms with E-state index in [4.69, 9.17) is 4.74 Å². The fourth-order valence-electron chi connectivity index (χ4n) is 2.83. The van der Waals surface area contributed by atoms with Crippen LogP contribution < -0.4 is 5.32 Å². The minimum absolute atomic E-state index is 0.295. The van der Waals surface area contributed by atoms with Gasteiger partial charge in [0.1, 0.15) is 0 Å². The highest BCUT2D eigenvalue weighted by Gasteiger charge is 2.30. The number of carbonyl (C=O) groups excluding carboxylic acids is 1. The van der Waals surface area contributed by atoms with Gasteiger partial charge in [-0.15, -0.1) is 0 Å². The van der Waals surface area contributed by atoms with E-state index in [1.54, 1.807) is 0 Å². The van der Waals surface area contributed by atoms with E-state index in [0.717, 1.165) is 52.4 Å². The molecule has 2 aliphatic heterocycles. The minimum Gasteiger partial charge on any atom is -0.379 e. The molecule has 0 saturated carbocycles. The van der Waals surface area contributed by atoms with Gasteiger partial charge >= 0.3 is 0 Å². The van der Waals surface area contributed by atoms with Crippen molar-refractivity contribution in [3.63, 3.8) is 0 Å². The summed E-state index contributed by atoms with van der Waals surface area (Å²) < 4.78 is 5.38. The summed E-state index contributed by atoms with van der Waals surface area (Å²) in [6, 6.07) is 0.999. The minimum atomic E-state index is 0.295. The summed E-state index contributed by atoms with van der Waals surface area (Å²) in [5.74, 6) is 0.295. The van der Waals surface area contributed by atoms with E-state index in [-0.39, 0.29) is 0 Å². The number of likely N-dealkylation sites (tertiary alicyclic amines) is 1. The van der Waals surface area contributed by atoms with Gasteiger partial charge in [0, 0.05) is 51.2 Å². The molecule has 0 aromatic rings. The van der Waals surface area contributed by atoms with Gasteiger partial charge in [0.25, 0.3) is 0 Å². The maximum absolute atomic E-state index is 12.1. The van der Waals surface area contributed by atoms with E-state index in [1.807, 2.05) is 4.90 Å². The van der Waals surface area contributed by atoms with E-state index in [9.17, 15) is 4.79 Å². The Balaban J connectivity index is 1.70. The smallest absolute Gasteiger partial charge is 0.223 e. The van der Waals surface area contributed by atoms with Gasteiger partial charge in [0.05, 0.1) is 13.2 Å². The highest BCUT2D eigenvalue weighted by molar-refractivity contribution is 5.76. The van der Waals surface area contributed by atoms with Crippen molar-refractivity contribution in [2.24, 2.45) is 0 Å². The molecule has 1 amide bonds. The molecule has 0 radical (unpaired) electrons. The molecule has 2 fully saturated rings. The van der Waals surface area contributed by atoms with Crippen LogP contribution in [-0.4, -0.2) is 73.7 Å². The molecule has 110 valence electrons. The molecule has 2 heterocycles. The molecule has 2 saturated heterocycles. The zero-order chi connectivity index (χ0) is 13.7. The number of hydrogen-bond acceptors (Lipinski definition) is 4. The standard InChI is InChI=1S/C14H27N3O2/c1-12(2)15-5-3-14(18)17-6-4-13(11-17)16-7-9-19-10-8-16/h12-13,15H,3-11H2,1-2H3. The largest absolute Gasteiger partial charge is 0.379 e. The lowest BCUT2D eigenvalue weighted by Gasteiger charge is -2.32. The summed E-state index contributed by atoms with van der Waals surface area (Å²) in [6.45, 7) is 10.5. The number of nitrogens with zero attached hydrogens (tertiary/aromatic N) is 2. The average Bonchev–Trinajstić information content (AvgIpc) is 2.89. The van der Waals surface area contributed by atoms with E-state index >= 15 is 0 Å². The Morgan fingerprint density at radius 2 is 2.05 bits per heavy atom. The summed E-state index contributed by atoms with van der Waals surface area (Å²) in [6.07, 6.45) is 1.73. The number of nitrogens with one attached hydrogen (secondary N) is 1. The van der Waals surface area contributed by atoms with Crippen molar-refractivity contribution in [1.29, 1.82) is 0 Å². The van der Waals surface area contributed by atoms with Crippen molar-refractivity contribution >= 4 is 5.91 Å². The SMILES string of the molecule is CC(C)NCCC(=O)N1CCC(N2CCOCC2)C1. The molecule has 19 heavy (non-hydrogen) atoms. The van der Waals surface area contributed by atoms with Crippen LogP contribution in [0, 0.1) is 0 Å². The van der Waals surface area contributed by atoms with Crippen molar-refractivity contribution in [3.8, 4) is 0 Å². The second-order valence-electron chi connectivity index (χ2n) is 5.79. The first-order valence-electron chi connectivity index (χ1n) is 7.50. The van der Waals surface area contributed by atoms with Crippen molar-refractivity contribution in [1.82, 2.24) is 15.1 Å². The number of hydrogen-bond donors (Lipinski definition) is 1. The second-order valence-corrected chi connectivity index (χ2v) is 5.79. The number of rotatable bonds is 5. The molecular weight excluding hydrogens is 242 g/mol. The Kier molecular flexibility index (Phi) is 5.60. The van der Waals surface area contributed by atoms with Crippen LogP contribution in [0.15, 0.2) is 0 Å². The van der Waals surface area contributed by atoms with E-state index in [2.05, 4.69) is 24.1 Å². The van der Waals surface area contributed by atoms with Crippen LogP contribution in [0.5, 0.6) is 0 Å². The highest BCUT2D eigenvalue weighted by atomic mass is 16.5. The summed E-state index contributed by atoms with van der Waals surface area (Å²) in [4.78, 5) is 16.6. The first-order valence-corrected chi connectivity index (χ1v) is 7.50. The van der Waals surface area contributed by atoms with Crippen molar-refractivity contribution in [3.05, 3.63) is 0 Å². The maximum Gasteiger partial charge on any atom is 0.223 e. The van der Waals surface area contributed by atoms with Gasteiger partial charge < -0.3 is 15.0 Å². The average molecular weight is 269 g/mol. The monoisotopic (exact) mass is 269 g/mol. The normalized spacial score (nSPS) is 25.2. The van der Waals surface area contributed by atoms with Crippen LogP contribution in [0.3, 0.4) is 0 Å². The number of morpholine rings is 1. The molecule has 2 aliphatic rings. The first-order chi connectivity index (χ1) is 9.16. The zero-order valence-corrected chi connectivity index (χ0v) is 12.2. The second kappa shape index (κ2) is 7.22. The molecule has 0 aliphatic carbocycles. The number of amides is 1. The first kappa shape index (κ1) is 14.8. The molecule has 0 bridgehead atoms. The van der Waals surface area contributed by atoms with Gasteiger partial charge in [-0.1, -0.05) is 13.8 Å². The van der Waals surface area contributed by atoms with Crippen molar-refractivity contribution in [2.45, 2.75) is 38.8 Å². The molecule has 0 aromatic heterocycles. The number of ether oxygens (including phenoxy) is 1. The Bertz CT molecular complexity index is 290. The topological polar surface area (TPSA) is 44.8 Å². The van der Waals surface area contributed by atoms with Gasteiger partial charge in [0.2, 0.25) is 5.91 Å². The van der Waals surface area contributed by atoms with E-state index < -0.39 is 0 Å². The van der Waals surface area contributed by atoms with Crippen LogP contribution in [0.25, 0.3) is 0 Å². The van der Waals surface area contributed by atoms with Gasteiger partial charge in [-0.25, -0.2) is 0 Å². The van der Waals surface area contributed by atoms with Crippen LogP contribution >= 0.6 is 0 Å². The highest BCUT2D eigenvalue weighted by Crippen LogP contribution is 2.17. The Hall–Kier alpha value is -0.650. The van der Waals surface area contributed by atoms with Crippen molar-refractivity contribution in [2.75, 3.05) is 45.9 Å². The quantitative estimate of drug-likeness (QED) is 0.780. The molecule has 1 unspecified atom stereocenters. The lowest BCUT2D eigenvalue weighted by Crippen LogP contribution is -2.45. The lowest BCUT2D eigenvalue weighted by molar-refractivity contribution is -0.130. The molecule has 1 N–H and O–H groups in total. The van der Waals surface area contributed by atoms with Crippen LogP contribution in [0.2, 0.25) is 0 Å². The molecule has 5 nitrogen and oxygen atoms in total. The zero-order valence-electron chi connectivity index (χ0n) is 12.2. The molecule has 0 spiro atoms. The Labute approximate surface area is 116 Å². The maximum atomic E-state index is 12.1. The van der Waals surface area contributed by atoms with Gasteiger partial charge in [-0.2, -0.15) is 0 Å². The third-order valence-electron chi connectivity index (χ3n) is 3.97. The molecule has 0 aromatic carbocycles. The van der Waals surface area contributed by atoms with Crippen LogP contribution in [0.4, 0.5) is 0 Å². The summed E-state index contributed by atoms with van der Waals surface area (Å²) >= 11 is 0.